The van der Waals surface area contributed by atoms with Crippen LogP contribution in [0.3, 0.4) is 0 Å². The van der Waals surface area contributed by atoms with Crippen molar-refractivity contribution in [3.63, 3.8) is 0 Å². The van der Waals surface area contributed by atoms with Crippen LogP contribution in [0.5, 0.6) is 0 Å². The summed E-state index contributed by atoms with van der Waals surface area (Å²) in [4.78, 5) is 24.3. The number of carbonyl (C=O) groups excluding carboxylic acids is 1. The number of rotatable bonds is 8. The van der Waals surface area contributed by atoms with Crippen LogP contribution in [0, 0.1) is 5.92 Å². The molecule has 1 fully saturated rings. The molecule has 0 radical (unpaired) electrons. The molecule has 0 bridgehead atoms. The summed E-state index contributed by atoms with van der Waals surface area (Å²) in [6, 6.07) is 8.84. The molecule has 5 heteroatoms. The van der Waals surface area contributed by atoms with Crippen molar-refractivity contribution >= 4 is 17.6 Å². The zero-order valence-corrected chi connectivity index (χ0v) is 11.3. The van der Waals surface area contributed by atoms with E-state index >= 15 is 0 Å². The summed E-state index contributed by atoms with van der Waals surface area (Å²) < 4.78 is 5.42. The van der Waals surface area contributed by atoms with Crippen LogP contribution in [-0.4, -0.2) is 36.7 Å². The van der Waals surface area contributed by atoms with E-state index in [1.165, 1.54) is 17.7 Å². The average molecular weight is 277 g/mol. The van der Waals surface area contributed by atoms with E-state index in [0.29, 0.717) is 24.8 Å². The molecule has 108 valence electrons. The number of anilines is 1. The lowest BCUT2D eigenvalue weighted by Gasteiger charge is -2.20. The Morgan fingerprint density at radius 1 is 1.25 bits per heavy atom. The number of aliphatic carboxylic acids is 1. The molecule has 1 N–H and O–H groups in total. The number of nitrogens with zero attached hydrogens (tertiary/aromatic N) is 1. The van der Waals surface area contributed by atoms with Crippen LogP contribution in [0.1, 0.15) is 19.3 Å². The van der Waals surface area contributed by atoms with Gasteiger partial charge in [0.05, 0.1) is 13.0 Å². The molecule has 0 atom stereocenters. The third kappa shape index (κ3) is 4.66. The molecular weight excluding hydrogens is 258 g/mol. The van der Waals surface area contributed by atoms with Gasteiger partial charge in [-0.1, -0.05) is 18.2 Å². The van der Waals surface area contributed by atoms with Crippen molar-refractivity contribution in [1.29, 1.82) is 0 Å². The molecule has 0 aromatic heterocycles. The van der Waals surface area contributed by atoms with Crippen molar-refractivity contribution in [2.45, 2.75) is 19.3 Å². The monoisotopic (exact) mass is 277 g/mol. The van der Waals surface area contributed by atoms with Gasteiger partial charge in [0, 0.05) is 12.3 Å². The van der Waals surface area contributed by atoms with Gasteiger partial charge in [0.2, 0.25) is 5.91 Å². The fourth-order valence-electron chi connectivity index (χ4n) is 1.90. The SMILES string of the molecule is O=C(O)CN(C(=O)CCOCC1CC1)c1ccccc1. The van der Waals surface area contributed by atoms with Crippen LogP contribution in [0.4, 0.5) is 5.69 Å². The molecular formula is C15H19NO4. The largest absolute Gasteiger partial charge is 0.480 e. The van der Waals surface area contributed by atoms with Crippen LogP contribution < -0.4 is 4.90 Å². The predicted octanol–water partition coefficient (Wildman–Crippen LogP) is 1.92. The summed E-state index contributed by atoms with van der Waals surface area (Å²) in [7, 11) is 0. The lowest BCUT2D eigenvalue weighted by Crippen LogP contribution is -2.36. The molecule has 0 heterocycles. The second-order valence-electron chi connectivity index (χ2n) is 4.98. The first-order valence-electron chi connectivity index (χ1n) is 6.82. The van der Waals surface area contributed by atoms with E-state index in [2.05, 4.69) is 0 Å². The Morgan fingerprint density at radius 2 is 1.95 bits per heavy atom. The highest BCUT2D eigenvalue weighted by atomic mass is 16.5. The maximum absolute atomic E-state index is 12.1. The van der Waals surface area contributed by atoms with Crippen molar-refractivity contribution in [1.82, 2.24) is 0 Å². The third-order valence-corrected chi connectivity index (χ3v) is 3.17. The smallest absolute Gasteiger partial charge is 0.323 e. The first-order valence-corrected chi connectivity index (χ1v) is 6.82. The lowest BCUT2D eigenvalue weighted by atomic mass is 10.2. The van der Waals surface area contributed by atoms with E-state index in [9.17, 15) is 9.59 Å². The number of hydrogen-bond acceptors (Lipinski definition) is 3. The molecule has 1 aliphatic carbocycles. The Kier molecular flexibility index (Phi) is 5.12. The topological polar surface area (TPSA) is 66.8 Å². The van der Waals surface area contributed by atoms with Crippen LogP contribution in [0.25, 0.3) is 0 Å². The van der Waals surface area contributed by atoms with Crippen LogP contribution in [0.15, 0.2) is 30.3 Å². The highest BCUT2D eigenvalue weighted by molar-refractivity contribution is 5.97. The van der Waals surface area contributed by atoms with Gasteiger partial charge < -0.3 is 14.7 Å². The summed E-state index contributed by atoms with van der Waals surface area (Å²) in [6.45, 7) is 0.724. The molecule has 1 aliphatic rings. The normalized spacial score (nSPS) is 14.0. The van der Waals surface area contributed by atoms with E-state index in [1.807, 2.05) is 6.07 Å². The van der Waals surface area contributed by atoms with E-state index in [-0.39, 0.29) is 18.9 Å². The number of hydrogen-bond donors (Lipinski definition) is 1. The van der Waals surface area contributed by atoms with Gasteiger partial charge in [-0.2, -0.15) is 0 Å². The van der Waals surface area contributed by atoms with Crippen molar-refractivity contribution in [2.24, 2.45) is 5.92 Å². The van der Waals surface area contributed by atoms with E-state index < -0.39 is 5.97 Å². The summed E-state index contributed by atoms with van der Waals surface area (Å²) >= 11 is 0. The van der Waals surface area contributed by atoms with E-state index in [4.69, 9.17) is 9.84 Å². The third-order valence-electron chi connectivity index (χ3n) is 3.17. The number of carbonyl (C=O) groups is 2. The number of amides is 1. The maximum atomic E-state index is 12.1. The van der Waals surface area contributed by atoms with Crippen LogP contribution in [0.2, 0.25) is 0 Å². The van der Waals surface area contributed by atoms with Gasteiger partial charge in [0.25, 0.3) is 0 Å². The van der Waals surface area contributed by atoms with Gasteiger partial charge in [0.15, 0.2) is 0 Å². The zero-order chi connectivity index (χ0) is 14.4. The molecule has 1 amide bonds. The summed E-state index contributed by atoms with van der Waals surface area (Å²) in [6.07, 6.45) is 2.63. The molecule has 1 aromatic carbocycles. The second-order valence-corrected chi connectivity index (χ2v) is 4.98. The fourth-order valence-corrected chi connectivity index (χ4v) is 1.90. The van der Waals surface area contributed by atoms with Gasteiger partial charge in [-0.3, -0.25) is 9.59 Å². The Labute approximate surface area is 118 Å². The summed E-state index contributed by atoms with van der Waals surface area (Å²) in [5.41, 5.74) is 0.599. The molecule has 0 unspecified atom stereocenters. The van der Waals surface area contributed by atoms with Crippen molar-refractivity contribution < 1.29 is 19.4 Å². The Balaban J connectivity index is 1.87. The number of benzene rings is 1. The number of carboxylic acid groups (broad SMARTS) is 1. The fraction of sp³-hybridized carbons (Fsp3) is 0.467. The summed E-state index contributed by atoms with van der Waals surface area (Å²) in [5, 5.41) is 8.92. The number of carboxylic acids is 1. The lowest BCUT2D eigenvalue weighted by molar-refractivity contribution is -0.136. The first kappa shape index (κ1) is 14.5. The molecule has 0 saturated heterocycles. The van der Waals surface area contributed by atoms with E-state index in [0.717, 1.165) is 0 Å². The molecule has 1 aromatic rings. The van der Waals surface area contributed by atoms with Gasteiger partial charge in [-0.05, 0) is 30.9 Å². The highest BCUT2D eigenvalue weighted by Crippen LogP contribution is 2.28. The zero-order valence-electron chi connectivity index (χ0n) is 11.3. The molecule has 0 aliphatic heterocycles. The average Bonchev–Trinajstić information content (AvgIpc) is 3.25. The summed E-state index contributed by atoms with van der Waals surface area (Å²) in [5.74, 6) is -0.593. The molecule has 1 saturated carbocycles. The Morgan fingerprint density at radius 3 is 2.55 bits per heavy atom. The Bertz CT molecular complexity index is 456. The van der Waals surface area contributed by atoms with E-state index in [1.54, 1.807) is 24.3 Å². The van der Waals surface area contributed by atoms with Crippen LogP contribution in [-0.2, 0) is 14.3 Å². The standard InChI is InChI=1S/C15H19NO4/c17-14(8-9-20-11-12-6-7-12)16(10-15(18)19)13-4-2-1-3-5-13/h1-5,12H,6-11H2,(H,18,19). The minimum absolute atomic E-state index is 0.203. The molecule has 0 spiro atoms. The number of para-hydroxylation sites is 1. The van der Waals surface area contributed by atoms with Gasteiger partial charge in [0.1, 0.15) is 6.54 Å². The second kappa shape index (κ2) is 7.05. The van der Waals surface area contributed by atoms with Gasteiger partial charge in [-0.25, -0.2) is 0 Å². The highest BCUT2D eigenvalue weighted by Gasteiger charge is 2.22. The molecule has 5 nitrogen and oxygen atoms in total. The van der Waals surface area contributed by atoms with Gasteiger partial charge in [-0.15, -0.1) is 0 Å². The molecule has 2 rings (SSSR count). The van der Waals surface area contributed by atoms with Crippen molar-refractivity contribution in [3.8, 4) is 0 Å². The Hall–Kier alpha value is -1.88. The minimum Gasteiger partial charge on any atom is -0.480 e. The maximum Gasteiger partial charge on any atom is 0.323 e. The predicted molar refractivity (Wildman–Crippen MR) is 74.6 cm³/mol. The van der Waals surface area contributed by atoms with Gasteiger partial charge >= 0.3 is 5.97 Å². The molecule has 20 heavy (non-hydrogen) atoms. The number of ether oxygens (including phenoxy) is 1. The van der Waals surface area contributed by atoms with Crippen LogP contribution >= 0.6 is 0 Å². The quantitative estimate of drug-likeness (QED) is 0.737. The first-order chi connectivity index (χ1) is 9.66. The van der Waals surface area contributed by atoms with Crippen molar-refractivity contribution in [2.75, 3.05) is 24.7 Å². The minimum atomic E-state index is -1.03. The van der Waals surface area contributed by atoms with Crippen molar-refractivity contribution in [3.05, 3.63) is 30.3 Å².